The van der Waals surface area contributed by atoms with Gasteiger partial charge in [-0.2, -0.15) is 0 Å². The van der Waals surface area contributed by atoms with Crippen LogP contribution in [0.2, 0.25) is 0 Å². The summed E-state index contributed by atoms with van der Waals surface area (Å²) in [4.78, 5) is 62.2. The number of hydrogen-bond acceptors (Lipinski definition) is 7. The molecule has 3 rings (SSSR count). The van der Waals surface area contributed by atoms with Gasteiger partial charge >= 0.3 is 12.1 Å². The van der Waals surface area contributed by atoms with Crippen molar-refractivity contribution in [1.29, 1.82) is 0 Å². The second-order valence-electron chi connectivity index (χ2n) is 8.59. The fourth-order valence-electron chi connectivity index (χ4n) is 4.06. The second kappa shape index (κ2) is 13.8. The van der Waals surface area contributed by atoms with Crippen molar-refractivity contribution >= 4 is 29.6 Å². The number of hydrogen-bond donors (Lipinski definition) is 3. The number of rotatable bonds is 11. The van der Waals surface area contributed by atoms with Crippen LogP contribution in [0, 0.1) is 0 Å². The quantitative estimate of drug-likeness (QED) is 0.302. The summed E-state index contributed by atoms with van der Waals surface area (Å²) in [6.45, 7) is 1.93. The third-order valence-electron chi connectivity index (χ3n) is 5.98. The summed E-state index contributed by atoms with van der Waals surface area (Å²) in [5, 5.41) is 7.80. The topological polar surface area (TPSA) is 145 Å². The lowest BCUT2D eigenvalue weighted by molar-refractivity contribution is -0.137. The molecule has 0 saturated carbocycles. The molecule has 2 heterocycles. The molecule has 2 atom stereocenters. The first kappa shape index (κ1) is 28.2. The SMILES string of the molecule is CCOC(=O)/C=C/[C@H](CCC(=O)NC)NC(=O)[C@@H]1CCc2ccc(NC(=O)OCc3ccccc3)c(=O)n21. The van der Waals surface area contributed by atoms with Gasteiger partial charge in [0.25, 0.3) is 5.56 Å². The molecule has 0 saturated heterocycles. The van der Waals surface area contributed by atoms with Gasteiger partial charge in [-0.15, -0.1) is 0 Å². The van der Waals surface area contributed by atoms with E-state index in [4.69, 9.17) is 9.47 Å². The summed E-state index contributed by atoms with van der Waals surface area (Å²) in [7, 11) is 1.51. The number of anilines is 1. The van der Waals surface area contributed by atoms with E-state index in [0.29, 0.717) is 18.5 Å². The highest BCUT2D eigenvalue weighted by Crippen LogP contribution is 2.25. The van der Waals surface area contributed by atoms with Crippen molar-refractivity contribution in [2.75, 3.05) is 19.0 Å². The van der Waals surface area contributed by atoms with Crippen LogP contribution in [0.25, 0.3) is 0 Å². The molecule has 202 valence electrons. The lowest BCUT2D eigenvalue weighted by atomic mass is 10.1. The lowest BCUT2D eigenvalue weighted by Crippen LogP contribution is -2.41. The van der Waals surface area contributed by atoms with E-state index in [1.165, 1.54) is 29.8 Å². The predicted molar refractivity (Wildman–Crippen MR) is 139 cm³/mol. The Balaban J connectivity index is 1.70. The number of carbonyl (C=O) groups excluding carboxylic acids is 4. The molecule has 11 nitrogen and oxygen atoms in total. The van der Waals surface area contributed by atoms with Crippen molar-refractivity contribution in [1.82, 2.24) is 15.2 Å². The average Bonchev–Trinajstić information content (AvgIpc) is 3.36. The van der Waals surface area contributed by atoms with Crippen LogP contribution in [-0.4, -0.2) is 48.1 Å². The van der Waals surface area contributed by atoms with Crippen molar-refractivity contribution in [2.24, 2.45) is 0 Å². The van der Waals surface area contributed by atoms with Crippen molar-refractivity contribution < 1.29 is 28.7 Å². The third-order valence-corrected chi connectivity index (χ3v) is 5.98. The van der Waals surface area contributed by atoms with E-state index < -0.39 is 35.6 Å². The van der Waals surface area contributed by atoms with Gasteiger partial charge in [-0.1, -0.05) is 36.4 Å². The molecular formula is C27H32N4O7. The van der Waals surface area contributed by atoms with E-state index in [9.17, 15) is 24.0 Å². The van der Waals surface area contributed by atoms with Crippen LogP contribution in [0.15, 0.2) is 59.4 Å². The van der Waals surface area contributed by atoms with Crippen molar-refractivity contribution in [3.63, 3.8) is 0 Å². The van der Waals surface area contributed by atoms with Gasteiger partial charge in [0.05, 0.1) is 6.61 Å². The number of esters is 1. The normalized spacial score (nSPS) is 14.8. The van der Waals surface area contributed by atoms with E-state index in [2.05, 4.69) is 16.0 Å². The fraction of sp³-hybridized carbons (Fsp3) is 0.370. The molecule has 11 heteroatoms. The predicted octanol–water partition coefficient (Wildman–Crippen LogP) is 2.21. The summed E-state index contributed by atoms with van der Waals surface area (Å²) in [5.41, 5.74) is 0.918. The first-order chi connectivity index (χ1) is 18.3. The van der Waals surface area contributed by atoms with Gasteiger partial charge < -0.3 is 20.1 Å². The molecule has 0 aliphatic carbocycles. The standard InChI is InChI=1S/C27H32N4O7/c1-3-37-24(33)16-10-19(9-15-23(32)28-2)29-25(34)22-14-12-20-11-13-21(26(35)31(20)22)30-27(36)38-17-18-7-5-4-6-8-18/h4-8,10-11,13,16,19,22H,3,9,12,14-15,17H2,1-2H3,(H,28,32)(H,29,34)(H,30,36)/b16-10+/t19-,22-/m0/s1. The molecule has 0 fully saturated rings. The summed E-state index contributed by atoms with van der Waals surface area (Å²) in [6, 6.07) is 10.8. The zero-order chi connectivity index (χ0) is 27.5. The highest BCUT2D eigenvalue weighted by atomic mass is 16.5. The number of amides is 3. The van der Waals surface area contributed by atoms with Gasteiger partial charge in [0.15, 0.2) is 0 Å². The minimum absolute atomic E-state index is 0.00937. The third kappa shape index (κ3) is 7.79. The van der Waals surface area contributed by atoms with E-state index >= 15 is 0 Å². The van der Waals surface area contributed by atoms with Gasteiger partial charge in [0.2, 0.25) is 11.8 Å². The van der Waals surface area contributed by atoms with E-state index in [0.717, 1.165) is 5.56 Å². The maximum Gasteiger partial charge on any atom is 0.412 e. The number of benzene rings is 1. The minimum Gasteiger partial charge on any atom is -0.463 e. The lowest BCUT2D eigenvalue weighted by Gasteiger charge is -2.20. The molecule has 0 spiro atoms. The number of aromatic nitrogens is 1. The monoisotopic (exact) mass is 524 g/mol. The molecule has 0 radical (unpaired) electrons. The number of pyridine rings is 1. The van der Waals surface area contributed by atoms with Gasteiger partial charge in [-0.25, -0.2) is 9.59 Å². The number of nitrogens with one attached hydrogen (secondary N) is 3. The van der Waals surface area contributed by atoms with Crippen molar-refractivity contribution in [3.8, 4) is 0 Å². The van der Waals surface area contributed by atoms with Crippen LogP contribution >= 0.6 is 0 Å². The first-order valence-corrected chi connectivity index (χ1v) is 12.4. The largest absolute Gasteiger partial charge is 0.463 e. The number of carbonyl (C=O) groups is 4. The van der Waals surface area contributed by atoms with Crippen LogP contribution < -0.4 is 21.5 Å². The molecule has 3 N–H and O–H groups in total. The Labute approximate surface area is 220 Å². The molecule has 3 amide bonds. The number of aryl methyl sites for hydroxylation is 1. The zero-order valence-electron chi connectivity index (χ0n) is 21.4. The van der Waals surface area contributed by atoms with Gasteiger partial charge in [0, 0.05) is 31.3 Å². The zero-order valence-corrected chi connectivity index (χ0v) is 21.4. The molecule has 1 aliphatic rings. The molecule has 1 aromatic carbocycles. The maximum atomic E-state index is 13.2. The van der Waals surface area contributed by atoms with Gasteiger partial charge in [-0.05, 0) is 43.9 Å². The Kier molecular flexibility index (Phi) is 10.2. The van der Waals surface area contributed by atoms with E-state index in [1.54, 1.807) is 13.0 Å². The molecule has 0 bridgehead atoms. The molecule has 1 aliphatic heterocycles. The molecule has 1 aromatic heterocycles. The molecule has 2 aromatic rings. The smallest absolute Gasteiger partial charge is 0.412 e. The Morgan fingerprint density at radius 2 is 1.87 bits per heavy atom. The fourth-order valence-corrected chi connectivity index (χ4v) is 4.06. The Morgan fingerprint density at radius 1 is 1.11 bits per heavy atom. The summed E-state index contributed by atoms with van der Waals surface area (Å²) < 4.78 is 11.4. The highest BCUT2D eigenvalue weighted by Gasteiger charge is 2.31. The average molecular weight is 525 g/mol. The van der Waals surface area contributed by atoms with Crippen LogP contribution in [0.5, 0.6) is 0 Å². The van der Waals surface area contributed by atoms with Crippen LogP contribution in [-0.2, 0) is 36.9 Å². The van der Waals surface area contributed by atoms with Crippen molar-refractivity contribution in [2.45, 2.75) is 51.3 Å². The highest BCUT2D eigenvalue weighted by molar-refractivity contribution is 5.85. The molecular weight excluding hydrogens is 492 g/mol. The molecule has 0 unspecified atom stereocenters. The van der Waals surface area contributed by atoms with E-state index in [1.807, 2.05) is 30.3 Å². The van der Waals surface area contributed by atoms with Gasteiger partial charge in [0.1, 0.15) is 18.3 Å². The maximum absolute atomic E-state index is 13.2. The Morgan fingerprint density at radius 3 is 2.58 bits per heavy atom. The van der Waals surface area contributed by atoms with Crippen LogP contribution in [0.4, 0.5) is 10.5 Å². The Hall–Kier alpha value is -4.41. The van der Waals surface area contributed by atoms with Gasteiger partial charge in [-0.3, -0.25) is 24.3 Å². The first-order valence-electron chi connectivity index (χ1n) is 12.4. The van der Waals surface area contributed by atoms with Crippen LogP contribution in [0.1, 0.15) is 43.5 Å². The van der Waals surface area contributed by atoms with Crippen molar-refractivity contribution in [3.05, 3.63) is 76.2 Å². The van der Waals surface area contributed by atoms with Crippen LogP contribution in [0.3, 0.4) is 0 Å². The second-order valence-corrected chi connectivity index (χ2v) is 8.59. The summed E-state index contributed by atoms with van der Waals surface area (Å²) in [6.07, 6.45) is 3.12. The summed E-state index contributed by atoms with van der Waals surface area (Å²) in [5.74, 6) is -1.22. The number of fused-ring (bicyclic) bond motifs is 1. The molecule has 38 heavy (non-hydrogen) atoms. The number of nitrogens with zero attached hydrogens (tertiary/aromatic N) is 1. The Bertz CT molecular complexity index is 1240. The summed E-state index contributed by atoms with van der Waals surface area (Å²) >= 11 is 0. The van der Waals surface area contributed by atoms with E-state index in [-0.39, 0.29) is 37.6 Å². The number of ether oxygens (including phenoxy) is 2. The minimum atomic E-state index is -0.821.